The molecule has 1 aromatic heterocycles. The molecule has 4 atom stereocenters. The van der Waals surface area contributed by atoms with E-state index in [2.05, 4.69) is 5.16 Å². The minimum absolute atomic E-state index is 0.0620. The number of ether oxygens (including phenoxy) is 3. The first-order valence-electron chi connectivity index (χ1n) is 10.8. The molecule has 10 nitrogen and oxygen atoms in total. The Morgan fingerprint density at radius 3 is 2.52 bits per heavy atom. The smallest absolute Gasteiger partial charge is 0.349 e. The molecule has 0 spiro atoms. The van der Waals surface area contributed by atoms with Crippen LogP contribution in [0, 0.1) is 6.92 Å². The summed E-state index contributed by atoms with van der Waals surface area (Å²) in [6, 6.07) is 3.09. The molecule has 3 N–H and O–H groups in total. The van der Waals surface area contributed by atoms with Crippen molar-refractivity contribution in [3.63, 3.8) is 0 Å². The van der Waals surface area contributed by atoms with Crippen molar-refractivity contribution < 1.29 is 38.8 Å². The van der Waals surface area contributed by atoms with Crippen molar-refractivity contribution in [3.8, 4) is 11.5 Å². The quantitative estimate of drug-likeness (QED) is 0.319. The van der Waals surface area contributed by atoms with E-state index in [1.807, 2.05) is 0 Å². The van der Waals surface area contributed by atoms with E-state index in [1.165, 1.54) is 13.2 Å². The van der Waals surface area contributed by atoms with Gasteiger partial charge in [-0.1, -0.05) is 12.1 Å². The second kappa shape index (κ2) is 9.68. The Balaban J connectivity index is 2.01. The van der Waals surface area contributed by atoms with Gasteiger partial charge in [0.05, 0.1) is 16.7 Å². The van der Waals surface area contributed by atoms with Gasteiger partial charge in [0.2, 0.25) is 6.29 Å². The molecule has 1 aromatic carbocycles. The van der Waals surface area contributed by atoms with Gasteiger partial charge in [0, 0.05) is 12.7 Å². The lowest BCUT2D eigenvalue weighted by molar-refractivity contribution is -0.306. The summed E-state index contributed by atoms with van der Waals surface area (Å²) in [7, 11) is 1.42. The Morgan fingerprint density at radius 2 is 1.91 bits per heavy atom. The normalized spacial score (nSPS) is 25.3. The highest BCUT2D eigenvalue weighted by Gasteiger charge is 2.50. The maximum Gasteiger partial charge on any atom is 0.349 e. The summed E-state index contributed by atoms with van der Waals surface area (Å²) in [5.74, 6) is -0.0240. The number of rotatable bonds is 7. The Morgan fingerprint density at radius 1 is 1.21 bits per heavy atom. The van der Waals surface area contributed by atoms with E-state index in [-0.39, 0.29) is 33.7 Å². The minimum Gasteiger partial charge on any atom is -0.506 e. The zero-order valence-corrected chi connectivity index (χ0v) is 19.6. The number of hydrogen-bond donors (Lipinski definition) is 3. The number of oxime groups is 1. The molecule has 2 aromatic rings. The molecule has 2 heterocycles. The van der Waals surface area contributed by atoms with Crippen molar-refractivity contribution in [1.29, 1.82) is 0 Å². The van der Waals surface area contributed by atoms with Gasteiger partial charge in [0.15, 0.2) is 0 Å². The van der Waals surface area contributed by atoms with E-state index >= 15 is 0 Å². The molecule has 0 amide bonds. The van der Waals surface area contributed by atoms with E-state index in [0.717, 1.165) is 0 Å². The molecule has 1 fully saturated rings. The first-order chi connectivity index (χ1) is 15.6. The number of aliphatic hydroxyl groups excluding tert-OH is 2. The van der Waals surface area contributed by atoms with Crippen LogP contribution >= 0.6 is 0 Å². The summed E-state index contributed by atoms with van der Waals surface area (Å²) in [6.45, 7) is 8.93. The highest BCUT2D eigenvalue weighted by atomic mass is 16.7. The first kappa shape index (κ1) is 25.0. The van der Waals surface area contributed by atoms with Gasteiger partial charge in [-0.05, 0) is 46.2 Å². The third-order valence-corrected chi connectivity index (χ3v) is 5.72. The summed E-state index contributed by atoms with van der Waals surface area (Å²) in [6.07, 6.45) is -4.25. The molecule has 1 aliphatic heterocycles. The second-order valence-corrected chi connectivity index (χ2v) is 8.33. The number of aromatic hydroxyl groups is 1. The monoisotopic (exact) mass is 465 g/mol. The molecule has 0 radical (unpaired) electrons. The Kier molecular flexibility index (Phi) is 7.32. The number of methoxy groups -OCH3 is 1. The minimum atomic E-state index is -1.39. The third kappa shape index (κ3) is 4.56. The highest BCUT2D eigenvalue weighted by Crippen LogP contribution is 2.37. The fourth-order valence-corrected chi connectivity index (χ4v) is 4.01. The Bertz CT molecular complexity index is 1090. The zero-order chi connectivity index (χ0) is 24.5. The van der Waals surface area contributed by atoms with Gasteiger partial charge in [0.1, 0.15) is 47.6 Å². The lowest BCUT2D eigenvalue weighted by Crippen LogP contribution is -2.63. The SMILES string of the molecule is CCON=C(CC)c1c(O)c2ccc(O[C@@H]3OC(C)(C)[C@H](OC)[C@@H](O)[C@H]3O)c(C)c2oc1=O. The second-order valence-electron chi connectivity index (χ2n) is 8.33. The molecule has 0 saturated carbocycles. The highest BCUT2D eigenvalue weighted by molar-refractivity contribution is 6.06. The Hall–Kier alpha value is -2.66. The summed E-state index contributed by atoms with van der Waals surface area (Å²) >= 11 is 0. The average Bonchev–Trinajstić information content (AvgIpc) is 2.76. The molecule has 10 heteroatoms. The maximum absolute atomic E-state index is 12.7. The van der Waals surface area contributed by atoms with Crippen LogP contribution < -0.4 is 10.4 Å². The van der Waals surface area contributed by atoms with Crippen LogP contribution in [0.25, 0.3) is 11.0 Å². The van der Waals surface area contributed by atoms with Crippen LogP contribution in [0.1, 0.15) is 45.2 Å². The van der Waals surface area contributed by atoms with Crippen molar-refractivity contribution in [3.05, 3.63) is 33.7 Å². The average molecular weight is 465 g/mol. The molecule has 1 saturated heterocycles. The standard InChI is InChI=1S/C23H31NO9/c1-7-13(24-30-8-2)15-16(25)12-9-10-14(11(3)19(12)32-21(15)28)31-22-18(27)17(26)20(29-6)23(4,5)33-22/h9-10,17-18,20,22,25-27H,7-8H2,1-6H3/t17-,18+,20+,22+/m0/s1. The van der Waals surface area contributed by atoms with Crippen molar-refractivity contribution in [2.75, 3.05) is 13.7 Å². The summed E-state index contributed by atoms with van der Waals surface area (Å²) < 4.78 is 22.5. The number of aliphatic hydroxyl groups is 2. The molecular weight excluding hydrogens is 434 g/mol. The van der Waals surface area contributed by atoms with Gasteiger partial charge in [-0.2, -0.15) is 0 Å². The van der Waals surface area contributed by atoms with Crippen LogP contribution in [0.3, 0.4) is 0 Å². The van der Waals surface area contributed by atoms with Crippen molar-refractivity contribution in [2.45, 2.75) is 71.2 Å². The number of hydrogen-bond acceptors (Lipinski definition) is 10. The first-order valence-corrected chi connectivity index (χ1v) is 10.8. The van der Waals surface area contributed by atoms with Crippen molar-refractivity contribution >= 4 is 16.7 Å². The fourth-order valence-electron chi connectivity index (χ4n) is 4.01. The van der Waals surface area contributed by atoms with Gasteiger partial charge < -0.3 is 38.8 Å². The predicted molar refractivity (Wildman–Crippen MR) is 120 cm³/mol. The number of benzene rings is 1. The van der Waals surface area contributed by atoms with Crippen molar-refractivity contribution in [2.24, 2.45) is 5.16 Å². The van der Waals surface area contributed by atoms with Crippen LogP contribution in [0.15, 0.2) is 26.5 Å². The predicted octanol–water partition coefficient (Wildman–Crippen LogP) is 2.21. The number of nitrogens with zero attached hydrogens (tertiary/aromatic N) is 1. The molecule has 0 unspecified atom stereocenters. The molecule has 3 rings (SSSR count). The van der Waals surface area contributed by atoms with Gasteiger partial charge in [-0.25, -0.2) is 4.79 Å². The lowest BCUT2D eigenvalue weighted by Gasteiger charge is -2.46. The number of aryl methyl sites for hydroxylation is 1. The van der Waals surface area contributed by atoms with Gasteiger partial charge in [-0.15, -0.1) is 0 Å². The van der Waals surface area contributed by atoms with Gasteiger partial charge in [-0.3, -0.25) is 0 Å². The van der Waals surface area contributed by atoms with E-state index in [4.69, 9.17) is 23.5 Å². The Labute approximate surface area is 191 Å². The summed E-state index contributed by atoms with van der Waals surface area (Å²) in [5.41, 5.74) is -0.986. The largest absolute Gasteiger partial charge is 0.506 e. The molecule has 1 aliphatic rings. The van der Waals surface area contributed by atoms with Gasteiger partial charge >= 0.3 is 5.63 Å². The van der Waals surface area contributed by atoms with Crippen LogP contribution in [0.2, 0.25) is 0 Å². The molecule has 33 heavy (non-hydrogen) atoms. The molecular formula is C23H31NO9. The van der Waals surface area contributed by atoms with Crippen LogP contribution in [0.5, 0.6) is 11.5 Å². The molecule has 182 valence electrons. The fraction of sp³-hybridized carbons (Fsp3) is 0.565. The topological polar surface area (TPSA) is 140 Å². The van der Waals surface area contributed by atoms with Crippen LogP contribution in [0.4, 0.5) is 0 Å². The number of fused-ring (bicyclic) bond motifs is 1. The van der Waals surface area contributed by atoms with E-state index in [9.17, 15) is 20.1 Å². The third-order valence-electron chi connectivity index (χ3n) is 5.72. The van der Waals surface area contributed by atoms with Crippen LogP contribution in [-0.4, -0.2) is 65.0 Å². The molecule has 0 bridgehead atoms. The van der Waals surface area contributed by atoms with Crippen LogP contribution in [-0.2, 0) is 14.3 Å². The molecule has 0 aliphatic carbocycles. The van der Waals surface area contributed by atoms with Gasteiger partial charge in [0.25, 0.3) is 0 Å². The van der Waals surface area contributed by atoms with E-state index in [1.54, 1.807) is 40.7 Å². The van der Waals surface area contributed by atoms with E-state index < -0.39 is 35.8 Å². The van der Waals surface area contributed by atoms with E-state index in [0.29, 0.717) is 18.6 Å². The maximum atomic E-state index is 12.7. The zero-order valence-electron chi connectivity index (χ0n) is 19.6. The summed E-state index contributed by atoms with van der Waals surface area (Å²) in [5, 5.41) is 36.0. The summed E-state index contributed by atoms with van der Waals surface area (Å²) in [4.78, 5) is 17.8. The van der Waals surface area contributed by atoms with Crippen molar-refractivity contribution in [1.82, 2.24) is 0 Å². The lowest BCUT2D eigenvalue weighted by atomic mass is 9.89.